The highest BCUT2D eigenvalue weighted by molar-refractivity contribution is 6.03. The van der Waals surface area contributed by atoms with Gasteiger partial charge >= 0.3 is 0 Å². The van der Waals surface area contributed by atoms with Gasteiger partial charge in [-0.15, -0.1) is 0 Å². The molecule has 0 saturated carbocycles. The number of carbonyl (C=O) groups excluding carboxylic acids is 1. The lowest BCUT2D eigenvalue weighted by atomic mass is 10.1. The first kappa shape index (κ1) is 35.6. The van der Waals surface area contributed by atoms with Crippen LogP contribution in [0.25, 0.3) is 22.6 Å². The summed E-state index contributed by atoms with van der Waals surface area (Å²) in [5, 5.41) is 0. The number of benzene rings is 3. The zero-order valence-electron chi connectivity index (χ0n) is 30.5. The zero-order valence-corrected chi connectivity index (χ0v) is 30.5. The molecule has 1 atom stereocenters. The number of oxazole rings is 1. The molecule has 4 aromatic rings. The van der Waals surface area contributed by atoms with Gasteiger partial charge in [0.05, 0.1) is 51.8 Å². The number of piperazine rings is 1. The van der Waals surface area contributed by atoms with Crippen molar-refractivity contribution in [1.29, 1.82) is 0 Å². The Balaban J connectivity index is 0.782. The first-order chi connectivity index (χ1) is 25.5. The number of unbranched alkanes of at least 4 members (excludes halogenated alkanes) is 2. The fraction of sp³-hybridized carbons (Fsp3) is 0.475. The summed E-state index contributed by atoms with van der Waals surface area (Å²) in [4.78, 5) is 29.4. The lowest BCUT2D eigenvalue weighted by molar-refractivity contribution is 0.0774. The van der Waals surface area contributed by atoms with Gasteiger partial charge in [-0.25, -0.2) is 4.98 Å². The smallest absolute Gasteiger partial charge is 0.256 e. The highest BCUT2D eigenvalue weighted by Crippen LogP contribution is 2.38. The van der Waals surface area contributed by atoms with E-state index < -0.39 is 0 Å². The average molecular weight is 712 g/mol. The molecule has 2 saturated heterocycles. The molecule has 0 bridgehead atoms. The van der Waals surface area contributed by atoms with Crippen molar-refractivity contribution in [2.24, 2.45) is 4.99 Å². The van der Waals surface area contributed by atoms with Crippen LogP contribution in [0.15, 0.2) is 57.9 Å². The van der Waals surface area contributed by atoms with Crippen LogP contribution in [-0.4, -0.2) is 118 Å². The molecule has 0 spiro atoms. The lowest BCUT2D eigenvalue weighted by Gasteiger charge is -2.34. The second-order valence-electron chi connectivity index (χ2n) is 13.5. The molecule has 0 N–H and O–H groups in total. The van der Waals surface area contributed by atoms with E-state index in [0.29, 0.717) is 58.9 Å². The molecule has 0 unspecified atom stereocenters. The van der Waals surface area contributed by atoms with Crippen molar-refractivity contribution in [2.45, 2.75) is 44.6 Å². The summed E-state index contributed by atoms with van der Waals surface area (Å²) in [5.74, 6) is 3.86. The van der Waals surface area contributed by atoms with E-state index in [1.165, 1.54) is 0 Å². The van der Waals surface area contributed by atoms with E-state index in [0.717, 1.165) is 101 Å². The minimum absolute atomic E-state index is 0.0223. The van der Waals surface area contributed by atoms with Crippen LogP contribution in [0.1, 0.15) is 48.9 Å². The van der Waals surface area contributed by atoms with Gasteiger partial charge in [0.1, 0.15) is 11.3 Å². The van der Waals surface area contributed by atoms with Crippen molar-refractivity contribution in [3.8, 4) is 40.2 Å². The topological polar surface area (TPSA) is 111 Å². The summed E-state index contributed by atoms with van der Waals surface area (Å²) in [7, 11) is 4.89. The van der Waals surface area contributed by atoms with E-state index in [-0.39, 0.29) is 11.9 Å². The summed E-state index contributed by atoms with van der Waals surface area (Å²) < 4.78 is 34.7. The van der Waals surface area contributed by atoms with E-state index >= 15 is 0 Å². The number of amides is 1. The molecule has 0 aliphatic carbocycles. The number of hydrogen-bond donors (Lipinski definition) is 0. The first-order valence-electron chi connectivity index (χ1n) is 18.4. The number of aromatic nitrogens is 1. The first-order valence-corrected chi connectivity index (χ1v) is 18.4. The minimum Gasteiger partial charge on any atom is -0.497 e. The zero-order chi connectivity index (χ0) is 35.9. The summed E-state index contributed by atoms with van der Waals surface area (Å²) in [5.41, 5.74) is 3.51. The van der Waals surface area contributed by atoms with Crippen LogP contribution in [0, 0.1) is 0 Å². The van der Waals surface area contributed by atoms with Gasteiger partial charge in [-0.1, -0.05) is 0 Å². The number of aliphatic imine (C=N–C) groups is 1. The lowest BCUT2D eigenvalue weighted by Crippen LogP contribution is -2.46. The third kappa shape index (κ3) is 8.13. The van der Waals surface area contributed by atoms with Crippen molar-refractivity contribution < 1.29 is 32.9 Å². The summed E-state index contributed by atoms with van der Waals surface area (Å²) >= 11 is 0. The number of carbonyl (C=O) groups is 1. The second kappa shape index (κ2) is 16.7. The Bertz CT molecular complexity index is 1870. The molecule has 52 heavy (non-hydrogen) atoms. The average Bonchev–Trinajstić information content (AvgIpc) is 3.81. The van der Waals surface area contributed by atoms with Crippen molar-refractivity contribution in [3.63, 3.8) is 0 Å². The molecule has 3 aromatic carbocycles. The third-order valence-corrected chi connectivity index (χ3v) is 10.2. The molecule has 3 aliphatic rings. The predicted octanol–water partition coefficient (Wildman–Crippen LogP) is 6.48. The van der Waals surface area contributed by atoms with Crippen LogP contribution in [0.3, 0.4) is 0 Å². The van der Waals surface area contributed by atoms with Crippen LogP contribution in [0.5, 0.6) is 28.7 Å². The molecule has 7 rings (SSSR count). The van der Waals surface area contributed by atoms with Gasteiger partial charge in [0.25, 0.3) is 5.91 Å². The molecular weight excluding hydrogens is 662 g/mol. The highest BCUT2D eigenvalue weighted by Gasteiger charge is 2.32. The molecule has 0 radical (unpaired) electrons. The van der Waals surface area contributed by atoms with E-state index in [9.17, 15) is 4.79 Å². The summed E-state index contributed by atoms with van der Waals surface area (Å²) in [6.07, 6.45) is 7.93. The van der Waals surface area contributed by atoms with Crippen molar-refractivity contribution in [1.82, 2.24) is 19.7 Å². The van der Waals surface area contributed by atoms with E-state index in [4.69, 9.17) is 28.1 Å². The van der Waals surface area contributed by atoms with Crippen LogP contribution in [0.4, 0.5) is 5.69 Å². The Morgan fingerprint density at radius 3 is 2.17 bits per heavy atom. The second-order valence-corrected chi connectivity index (χ2v) is 13.5. The SMILES string of the molecule is COc1ccc2nc(-c3ccc(OCCCCN4CCN(CCCCOc5cc6c(cc5OC)C(=O)N5CCC[C@H]5C=N6)CC4)c(OC)c3)oc2c1. The van der Waals surface area contributed by atoms with Gasteiger partial charge in [-0.3, -0.25) is 9.79 Å². The molecule has 4 heterocycles. The number of methoxy groups -OCH3 is 3. The molecular formula is C40H49N5O7. The van der Waals surface area contributed by atoms with Crippen molar-refractivity contribution in [3.05, 3.63) is 54.1 Å². The van der Waals surface area contributed by atoms with Gasteiger partial charge in [0.2, 0.25) is 5.89 Å². The van der Waals surface area contributed by atoms with E-state index in [1.807, 2.05) is 53.6 Å². The fourth-order valence-electron chi connectivity index (χ4n) is 7.17. The van der Waals surface area contributed by atoms with E-state index in [2.05, 4.69) is 19.8 Å². The molecule has 3 aliphatic heterocycles. The van der Waals surface area contributed by atoms with Gasteiger partial charge in [-0.05, 0) is 88.0 Å². The quantitative estimate of drug-likeness (QED) is 0.120. The Kier molecular flexibility index (Phi) is 11.4. The number of ether oxygens (including phenoxy) is 5. The van der Waals surface area contributed by atoms with Gasteiger partial charge < -0.3 is 42.8 Å². The van der Waals surface area contributed by atoms with Crippen LogP contribution < -0.4 is 23.7 Å². The third-order valence-electron chi connectivity index (χ3n) is 10.2. The number of fused-ring (bicyclic) bond motifs is 3. The highest BCUT2D eigenvalue weighted by atomic mass is 16.5. The standard InChI is InChI=1S/C40H49N5O7/c1-47-30-11-12-32-35(24-30)52-39(42-32)28-10-13-34(36(23-28)48-2)50-21-6-4-14-43-17-19-44(20-18-43)15-5-7-22-51-38-26-33-31(25-37(38)49-3)40(46)45-16-8-9-29(45)27-41-33/h10-13,23-27,29H,4-9,14-22H2,1-3H3/t29-/m0/s1. The van der Waals surface area contributed by atoms with Crippen molar-refractivity contribution >= 4 is 28.9 Å². The van der Waals surface area contributed by atoms with Gasteiger partial charge in [0.15, 0.2) is 28.6 Å². The molecule has 12 heteroatoms. The Morgan fingerprint density at radius 1 is 0.750 bits per heavy atom. The van der Waals surface area contributed by atoms with E-state index in [1.54, 1.807) is 27.4 Å². The van der Waals surface area contributed by atoms with Crippen LogP contribution >= 0.6 is 0 Å². The Morgan fingerprint density at radius 2 is 1.46 bits per heavy atom. The monoisotopic (exact) mass is 711 g/mol. The van der Waals surface area contributed by atoms with Crippen LogP contribution in [-0.2, 0) is 0 Å². The van der Waals surface area contributed by atoms with Gasteiger partial charge in [0, 0.05) is 56.6 Å². The summed E-state index contributed by atoms with van der Waals surface area (Å²) in [6, 6.07) is 15.1. The number of hydrogen-bond acceptors (Lipinski definition) is 11. The molecule has 2 fully saturated rings. The maximum Gasteiger partial charge on any atom is 0.256 e. The summed E-state index contributed by atoms with van der Waals surface area (Å²) in [6.45, 7) is 8.45. The number of nitrogens with zero attached hydrogens (tertiary/aromatic N) is 5. The maximum atomic E-state index is 13.1. The van der Waals surface area contributed by atoms with Crippen LogP contribution in [0.2, 0.25) is 0 Å². The molecule has 12 nitrogen and oxygen atoms in total. The minimum atomic E-state index is 0.0223. The fourth-order valence-corrected chi connectivity index (χ4v) is 7.17. The predicted molar refractivity (Wildman–Crippen MR) is 200 cm³/mol. The Hall–Kier alpha value is -4.81. The van der Waals surface area contributed by atoms with Crippen molar-refractivity contribution in [2.75, 3.05) is 80.4 Å². The van der Waals surface area contributed by atoms with Gasteiger partial charge in [-0.2, -0.15) is 0 Å². The molecule has 276 valence electrons. The Labute approximate surface area is 305 Å². The largest absolute Gasteiger partial charge is 0.497 e. The maximum absolute atomic E-state index is 13.1. The molecule has 1 amide bonds. The number of rotatable bonds is 16. The normalized spacial score (nSPS) is 17.6. The molecule has 1 aromatic heterocycles.